The quantitative estimate of drug-likeness (QED) is 0.806. The average molecular weight is 251 g/mol. The van der Waals surface area contributed by atoms with E-state index in [0.29, 0.717) is 18.2 Å². The molecule has 2 unspecified atom stereocenters. The molecule has 0 spiro atoms. The van der Waals surface area contributed by atoms with Crippen LogP contribution in [0.5, 0.6) is 0 Å². The molecule has 0 amide bonds. The van der Waals surface area contributed by atoms with Crippen LogP contribution >= 0.6 is 7.37 Å². The first kappa shape index (κ1) is 12.2. The van der Waals surface area contributed by atoms with Crippen LogP contribution in [0.3, 0.4) is 0 Å². The summed E-state index contributed by atoms with van der Waals surface area (Å²) in [5.41, 5.74) is 5.22. The molecule has 1 aromatic rings. The van der Waals surface area contributed by atoms with E-state index in [4.69, 9.17) is 5.73 Å². The van der Waals surface area contributed by atoms with Crippen molar-refractivity contribution < 1.29 is 14.3 Å². The number of benzene rings is 1. The van der Waals surface area contributed by atoms with Crippen molar-refractivity contribution in [2.24, 2.45) is 5.73 Å². The molecule has 0 radical (unpaired) electrons. The van der Waals surface area contributed by atoms with Gasteiger partial charge in [0.05, 0.1) is 0 Å². The Morgan fingerprint density at radius 3 is 2.53 bits per heavy atom. The van der Waals surface area contributed by atoms with E-state index in [1.54, 1.807) is 36.4 Å². The lowest BCUT2D eigenvalue weighted by atomic mass is 10.2. The third kappa shape index (κ3) is 2.39. The molecular weight excluding hydrogens is 237 g/mol. The molecule has 3 N–H and O–H groups in total. The van der Waals surface area contributed by atoms with Gasteiger partial charge in [0.15, 0.2) is 0 Å². The lowest BCUT2D eigenvalue weighted by molar-refractivity contribution is 0.106. The van der Waals surface area contributed by atoms with Crippen LogP contribution in [-0.2, 0) is 4.57 Å². The van der Waals surface area contributed by atoms with Crippen molar-refractivity contribution in [1.29, 1.82) is 0 Å². The number of carbonyl (C=O) groups is 1. The zero-order valence-corrected chi connectivity index (χ0v) is 10.1. The highest BCUT2D eigenvalue weighted by atomic mass is 31.2. The highest BCUT2D eigenvalue weighted by Gasteiger charge is 2.36. The van der Waals surface area contributed by atoms with E-state index in [0.717, 1.165) is 0 Å². The van der Waals surface area contributed by atoms with Crippen molar-refractivity contribution >= 4 is 12.9 Å². The summed E-state index contributed by atoms with van der Waals surface area (Å²) in [5, 5.41) is 0.291. The average Bonchev–Trinajstić information content (AvgIpc) is 2.77. The van der Waals surface area contributed by atoms with Crippen molar-refractivity contribution in [2.45, 2.75) is 18.9 Å². The molecule has 1 aromatic carbocycles. The smallest absolute Gasteiger partial charge is 0.294 e. The first-order chi connectivity index (χ1) is 8.01. The maximum Gasteiger partial charge on any atom is 0.294 e. The predicted octanol–water partition coefficient (Wildman–Crippen LogP) is 2.10. The minimum Gasteiger partial charge on any atom is -0.336 e. The van der Waals surface area contributed by atoms with Crippen molar-refractivity contribution in [3.05, 3.63) is 47.3 Å². The van der Waals surface area contributed by atoms with Gasteiger partial charge in [-0.1, -0.05) is 36.4 Å². The van der Waals surface area contributed by atoms with Crippen LogP contribution in [0.1, 0.15) is 23.2 Å². The summed E-state index contributed by atoms with van der Waals surface area (Å²) in [7, 11) is -3.95. The molecule has 5 heteroatoms. The van der Waals surface area contributed by atoms with E-state index in [-0.39, 0.29) is 11.6 Å². The minimum absolute atomic E-state index is 0.144. The monoisotopic (exact) mass is 251 g/mol. The third-order valence-corrected chi connectivity index (χ3v) is 4.77. The van der Waals surface area contributed by atoms with E-state index in [1.165, 1.54) is 0 Å². The first-order valence-electron chi connectivity index (χ1n) is 5.39. The van der Waals surface area contributed by atoms with Gasteiger partial charge in [0.1, 0.15) is 0 Å². The molecular formula is C12H14NO3P. The van der Waals surface area contributed by atoms with Crippen LogP contribution in [0.4, 0.5) is 0 Å². The van der Waals surface area contributed by atoms with Gasteiger partial charge in [0.25, 0.3) is 12.9 Å². The Hall–Kier alpha value is -1.22. The second kappa shape index (κ2) is 4.57. The Kier molecular flexibility index (Phi) is 3.29. The van der Waals surface area contributed by atoms with Crippen molar-refractivity contribution in [3.8, 4) is 0 Å². The molecule has 0 saturated heterocycles. The van der Waals surface area contributed by atoms with Gasteiger partial charge in [-0.3, -0.25) is 9.36 Å². The zero-order valence-electron chi connectivity index (χ0n) is 9.24. The van der Waals surface area contributed by atoms with Crippen LogP contribution in [0.25, 0.3) is 0 Å². The van der Waals surface area contributed by atoms with E-state index in [2.05, 4.69) is 0 Å². The summed E-state index contributed by atoms with van der Waals surface area (Å²) < 4.78 is 12.1. The van der Waals surface area contributed by atoms with Crippen LogP contribution in [0.2, 0.25) is 0 Å². The Bertz CT molecular complexity index is 510. The summed E-state index contributed by atoms with van der Waals surface area (Å²) in [5.74, 6) is 0. The maximum absolute atomic E-state index is 12.1. The zero-order chi connectivity index (χ0) is 12.5. The Balaban J connectivity index is 2.28. The molecule has 1 aliphatic rings. The van der Waals surface area contributed by atoms with E-state index >= 15 is 0 Å². The van der Waals surface area contributed by atoms with Gasteiger partial charge < -0.3 is 10.6 Å². The first-order valence-corrected chi connectivity index (χ1v) is 7.05. The Morgan fingerprint density at radius 2 is 2.00 bits per heavy atom. The molecule has 4 nitrogen and oxygen atoms in total. The second-order valence-corrected chi connectivity index (χ2v) is 6.28. The SMILES string of the molecule is NC1CC=C(P(=O)(O)C(=O)c2ccccc2)C1. The molecule has 2 atom stereocenters. The molecule has 0 bridgehead atoms. The molecule has 90 valence electrons. The fourth-order valence-electron chi connectivity index (χ4n) is 1.86. The van der Waals surface area contributed by atoms with Crippen LogP contribution in [-0.4, -0.2) is 16.5 Å². The lowest BCUT2D eigenvalue weighted by Crippen LogP contribution is -2.15. The van der Waals surface area contributed by atoms with Gasteiger partial charge in [-0.25, -0.2) is 0 Å². The minimum atomic E-state index is -3.95. The fraction of sp³-hybridized carbons (Fsp3) is 0.250. The van der Waals surface area contributed by atoms with Gasteiger partial charge in [0, 0.05) is 16.9 Å². The molecule has 0 saturated carbocycles. The van der Waals surface area contributed by atoms with E-state index < -0.39 is 12.9 Å². The molecule has 0 fully saturated rings. The third-order valence-electron chi connectivity index (χ3n) is 2.81. The van der Waals surface area contributed by atoms with Crippen molar-refractivity contribution in [3.63, 3.8) is 0 Å². The molecule has 1 aliphatic carbocycles. The van der Waals surface area contributed by atoms with Gasteiger partial charge in [-0.05, 0) is 12.8 Å². The summed E-state index contributed by atoms with van der Waals surface area (Å²) >= 11 is 0. The second-order valence-electron chi connectivity index (χ2n) is 4.14. The standard InChI is InChI=1S/C12H14NO3P/c13-10-6-7-11(8-10)17(15,16)12(14)9-4-2-1-3-5-9/h1-5,7,10H,6,8,13H2,(H,15,16). The van der Waals surface area contributed by atoms with E-state index in [1.807, 2.05) is 0 Å². The molecule has 0 aromatic heterocycles. The lowest BCUT2D eigenvalue weighted by Gasteiger charge is -2.12. The maximum atomic E-state index is 12.1. The van der Waals surface area contributed by atoms with Gasteiger partial charge in [-0.2, -0.15) is 0 Å². The van der Waals surface area contributed by atoms with Crippen molar-refractivity contribution in [1.82, 2.24) is 0 Å². The number of nitrogens with two attached hydrogens (primary N) is 1. The van der Waals surface area contributed by atoms with Crippen LogP contribution in [0, 0.1) is 0 Å². The normalized spacial score (nSPS) is 22.9. The molecule has 17 heavy (non-hydrogen) atoms. The largest absolute Gasteiger partial charge is 0.336 e. The fourth-order valence-corrected chi connectivity index (χ4v) is 3.45. The topological polar surface area (TPSA) is 80.4 Å². The molecule has 2 rings (SSSR count). The summed E-state index contributed by atoms with van der Waals surface area (Å²) in [6, 6.07) is 8.03. The Labute approximate surface area is 99.6 Å². The highest BCUT2D eigenvalue weighted by molar-refractivity contribution is 7.79. The molecule has 0 heterocycles. The summed E-state index contributed by atoms with van der Waals surface area (Å²) in [6.07, 6.45) is 2.50. The number of rotatable bonds is 3. The van der Waals surface area contributed by atoms with Gasteiger partial charge >= 0.3 is 0 Å². The summed E-state index contributed by atoms with van der Waals surface area (Å²) in [4.78, 5) is 21.9. The van der Waals surface area contributed by atoms with Gasteiger partial charge in [0.2, 0.25) is 0 Å². The number of hydrogen-bond acceptors (Lipinski definition) is 3. The summed E-state index contributed by atoms with van der Waals surface area (Å²) in [6.45, 7) is 0. The van der Waals surface area contributed by atoms with Gasteiger partial charge in [-0.15, -0.1) is 0 Å². The van der Waals surface area contributed by atoms with Crippen LogP contribution in [0.15, 0.2) is 41.7 Å². The highest BCUT2D eigenvalue weighted by Crippen LogP contribution is 2.55. The van der Waals surface area contributed by atoms with Crippen LogP contribution < -0.4 is 5.73 Å². The molecule has 0 aliphatic heterocycles. The predicted molar refractivity (Wildman–Crippen MR) is 65.9 cm³/mol. The van der Waals surface area contributed by atoms with Crippen molar-refractivity contribution in [2.75, 3.05) is 0 Å². The van der Waals surface area contributed by atoms with E-state index in [9.17, 15) is 14.3 Å². The number of carbonyl (C=O) groups excluding carboxylic acids is 1. The Morgan fingerprint density at radius 1 is 1.35 bits per heavy atom. The number of hydrogen-bond donors (Lipinski definition) is 2.